The fraction of sp³-hybridized carbons (Fsp3) is 0.923. The van der Waals surface area contributed by atoms with Gasteiger partial charge in [-0.05, 0) is 19.8 Å². The molecule has 0 unspecified atom stereocenters. The number of aliphatic imine (C=N–C) groups is 1. The molecule has 2 rings (SSSR count). The molecule has 2 saturated heterocycles. The van der Waals surface area contributed by atoms with Crippen LogP contribution in [0.1, 0.15) is 39.0 Å². The number of likely N-dealkylation sites (tertiary alicyclic amines) is 1. The van der Waals surface area contributed by atoms with Crippen molar-refractivity contribution in [2.75, 3.05) is 32.8 Å². The quantitative estimate of drug-likeness (QED) is 0.610. The van der Waals surface area contributed by atoms with E-state index in [0.717, 1.165) is 19.5 Å². The molecule has 2 aliphatic heterocycles. The van der Waals surface area contributed by atoms with Gasteiger partial charge >= 0.3 is 0 Å². The number of hydrogen-bond donors (Lipinski definition) is 1. The number of rotatable bonds is 3. The van der Waals surface area contributed by atoms with Gasteiger partial charge in [-0.2, -0.15) is 0 Å². The predicted octanol–water partition coefficient (Wildman–Crippen LogP) is 1.33. The first-order chi connectivity index (χ1) is 8.70. The third-order valence-corrected chi connectivity index (χ3v) is 3.67. The Morgan fingerprint density at radius 2 is 1.78 bits per heavy atom. The van der Waals surface area contributed by atoms with Crippen molar-refractivity contribution in [1.29, 1.82) is 0 Å². The van der Waals surface area contributed by atoms with Gasteiger partial charge in [0.15, 0.2) is 11.7 Å². The normalized spacial score (nSPS) is 25.2. The number of nitrogens with zero attached hydrogens (tertiary/aromatic N) is 2. The van der Waals surface area contributed by atoms with Crippen LogP contribution in [0.3, 0.4) is 0 Å². The second-order valence-electron chi connectivity index (χ2n) is 5.22. The lowest BCUT2D eigenvalue weighted by molar-refractivity contribution is -0.144. The Morgan fingerprint density at radius 3 is 2.39 bits per heavy atom. The van der Waals surface area contributed by atoms with Crippen molar-refractivity contribution in [2.24, 2.45) is 10.7 Å². The van der Waals surface area contributed by atoms with Gasteiger partial charge < -0.3 is 20.1 Å². The number of hydrogen-bond acceptors (Lipinski definition) is 3. The van der Waals surface area contributed by atoms with Crippen LogP contribution in [0.15, 0.2) is 4.99 Å². The van der Waals surface area contributed by atoms with Gasteiger partial charge in [0.05, 0.1) is 13.2 Å². The van der Waals surface area contributed by atoms with Crippen molar-refractivity contribution >= 4 is 5.96 Å². The molecule has 0 aromatic rings. The molecule has 2 N–H and O–H groups in total. The highest BCUT2D eigenvalue weighted by molar-refractivity contribution is 5.78. The van der Waals surface area contributed by atoms with Gasteiger partial charge in [-0.1, -0.05) is 12.8 Å². The van der Waals surface area contributed by atoms with E-state index in [-0.39, 0.29) is 0 Å². The van der Waals surface area contributed by atoms with Crippen molar-refractivity contribution in [3.05, 3.63) is 0 Å². The van der Waals surface area contributed by atoms with Crippen LogP contribution in [0.2, 0.25) is 0 Å². The molecule has 0 amide bonds. The van der Waals surface area contributed by atoms with Crippen LogP contribution >= 0.6 is 0 Å². The van der Waals surface area contributed by atoms with Crippen molar-refractivity contribution in [1.82, 2.24) is 4.90 Å². The Kier molecular flexibility index (Phi) is 4.83. The summed E-state index contributed by atoms with van der Waals surface area (Å²) >= 11 is 0. The average molecular weight is 255 g/mol. The second-order valence-corrected chi connectivity index (χ2v) is 5.22. The van der Waals surface area contributed by atoms with Crippen LogP contribution in [0, 0.1) is 0 Å². The molecule has 0 aromatic heterocycles. The minimum atomic E-state index is -0.456. The maximum atomic E-state index is 6.04. The van der Waals surface area contributed by atoms with E-state index in [0.29, 0.717) is 25.7 Å². The highest BCUT2D eigenvalue weighted by Gasteiger charge is 2.30. The lowest BCUT2D eigenvalue weighted by Crippen LogP contribution is -2.38. The molecule has 0 aliphatic carbocycles. The van der Waals surface area contributed by atoms with Crippen LogP contribution in [-0.4, -0.2) is 49.5 Å². The Labute approximate surface area is 109 Å². The van der Waals surface area contributed by atoms with Gasteiger partial charge in [0.2, 0.25) is 0 Å². The first-order valence-corrected chi connectivity index (χ1v) is 7.02. The Hall–Kier alpha value is -0.810. The standard InChI is InChI=1S/C13H25N3O2/c1-13(17-10-11-18-13)6-7-15-12(14)16-8-4-2-3-5-9-16/h2-11H2,1H3,(H2,14,15). The third-order valence-electron chi connectivity index (χ3n) is 3.67. The average Bonchev–Trinajstić information content (AvgIpc) is 2.64. The summed E-state index contributed by atoms with van der Waals surface area (Å²) < 4.78 is 11.1. The molecule has 5 nitrogen and oxygen atoms in total. The van der Waals surface area contributed by atoms with Gasteiger partial charge in [0.25, 0.3) is 0 Å². The van der Waals surface area contributed by atoms with E-state index >= 15 is 0 Å². The molecule has 18 heavy (non-hydrogen) atoms. The maximum Gasteiger partial charge on any atom is 0.191 e. The van der Waals surface area contributed by atoms with Gasteiger partial charge in [-0.15, -0.1) is 0 Å². The zero-order valence-corrected chi connectivity index (χ0v) is 11.4. The van der Waals surface area contributed by atoms with Gasteiger partial charge in [-0.3, -0.25) is 4.99 Å². The van der Waals surface area contributed by atoms with Crippen LogP contribution in [0.25, 0.3) is 0 Å². The first-order valence-electron chi connectivity index (χ1n) is 7.02. The smallest absolute Gasteiger partial charge is 0.191 e. The second kappa shape index (κ2) is 6.38. The summed E-state index contributed by atoms with van der Waals surface area (Å²) in [6.07, 6.45) is 5.83. The molecule has 0 saturated carbocycles. The van der Waals surface area contributed by atoms with Crippen molar-refractivity contribution in [3.63, 3.8) is 0 Å². The number of ether oxygens (including phenoxy) is 2. The Morgan fingerprint density at radius 1 is 1.17 bits per heavy atom. The maximum absolute atomic E-state index is 6.04. The van der Waals surface area contributed by atoms with E-state index in [1.165, 1.54) is 25.7 Å². The zero-order chi connectivity index (χ0) is 12.8. The van der Waals surface area contributed by atoms with Gasteiger partial charge in [-0.25, -0.2) is 0 Å². The van der Waals surface area contributed by atoms with E-state index in [1.54, 1.807) is 0 Å². The molecule has 0 atom stereocenters. The zero-order valence-electron chi connectivity index (χ0n) is 11.4. The molecule has 0 spiro atoms. The lowest BCUT2D eigenvalue weighted by atomic mass is 10.2. The first kappa shape index (κ1) is 13.6. The summed E-state index contributed by atoms with van der Waals surface area (Å²) in [7, 11) is 0. The molecule has 5 heteroatoms. The van der Waals surface area contributed by atoms with Crippen molar-refractivity contribution < 1.29 is 9.47 Å². The van der Waals surface area contributed by atoms with E-state index < -0.39 is 5.79 Å². The molecule has 2 aliphatic rings. The molecular weight excluding hydrogens is 230 g/mol. The summed E-state index contributed by atoms with van der Waals surface area (Å²) in [5.74, 6) is 0.223. The molecule has 0 aromatic carbocycles. The highest BCUT2D eigenvalue weighted by atomic mass is 16.7. The molecule has 0 radical (unpaired) electrons. The van der Waals surface area contributed by atoms with E-state index in [2.05, 4.69) is 9.89 Å². The van der Waals surface area contributed by atoms with Gasteiger partial charge in [0.1, 0.15) is 0 Å². The van der Waals surface area contributed by atoms with Crippen LogP contribution in [0.4, 0.5) is 0 Å². The number of guanidine groups is 1. The topological polar surface area (TPSA) is 60.1 Å². The SMILES string of the molecule is CC1(CCN=C(N)N2CCCCCC2)OCCO1. The van der Waals surface area contributed by atoms with Crippen LogP contribution in [0.5, 0.6) is 0 Å². The van der Waals surface area contributed by atoms with E-state index in [4.69, 9.17) is 15.2 Å². The lowest BCUT2D eigenvalue weighted by Gasteiger charge is -2.23. The summed E-state index contributed by atoms with van der Waals surface area (Å²) in [5, 5.41) is 0. The van der Waals surface area contributed by atoms with Crippen molar-refractivity contribution in [3.8, 4) is 0 Å². The minimum Gasteiger partial charge on any atom is -0.370 e. The number of nitrogens with two attached hydrogens (primary N) is 1. The Balaban J connectivity index is 1.77. The summed E-state index contributed by atoms with van der Waals surface area (Å²) in [6.45, 7) is 6.08. The largest absolute Gasteiger partial charge is 0.370 e. The van der Waals surface area contributed by atoms with E-state index in [9.17, 15) is 0 Å². The fourth-order valence-corrected chi connectivity index (χ4v) is 2.47. The van der Waals surface area contributed by atoms with Crippen LogP contribution < -0.4 is 5.73 Å². The summed E-state index contributed by atoms with van der Waals surface area (Å²) in [6, 6.07) is 0. The highest BCUT2D eigenvalue weighted by Crippen LogP contribution is 2.22. The Bertz CT molecular complexity index is 280. The van der Waals surface area contributed by atoms with Crippen LogP contribution in [-0.2, 0) is 9.47 Å². The molecule has 104 valence electrons. The predicted molar refractivity (Wildman–Crippen MR) is 71.5 cm³/mol. The van der Waals surface area contributed by atoms with Crippen molar-refractivity contribution in [2.45, 2.75) is 44.8 Å². The van der Waals surface area contributed by atoms with Gasteiger partial charge in [0, 0.05) is 26.1 Å². The molecule has 2 heterocycles. The molecule has 0 bridgehead atoms. The monoisotopic (exact) mass is 255 g/mol. The summed E-state index contributed by atoms with van der Waals surface area (Å²) in [4.78, 5) is 6.66. The third kappa shape index (κ3) is 3.85. The fourth-order valence-electron chi connectivity index (χ4n) is 2.47. The molecular formula is C13H25N3O2. The molecule has 2 fully saturated rings. The minimum absolute atomic E-state index is 0.456. The van der Waals surface area contributed by atoms with E-state index in [1.807, 2.05) is 6.92 Å². The summed E-state index contributed by atoms with van der Waals surface area (Å²) in [5.41, 5.74) is 6.04.